The van der Waals surface area contributed by atoms with Crippen LogP contribution in [0.25, 0.3) is 0 Å². The Morgan fingerprint density at radius 2 is 1.93 bits per heavy atom. The molecule has 0 amide bonds. The third-order valence-corrected chi connectivity index (χ3v) is 2.97. The predicted molar refractivity (Wildman–Crippen MR) is 69.1 cm³/mol. The molecule has 0 radical (unpaired) electrons. The second-order valence-corrected chi connectivity index (χ2v) is 4.17. The number of hydrogen-bond donors (Lipinski definition) is 2. The van der Waals surface area contributed by atoms with Crippen molar-refractivity contribution in [1.82, 2.24) is 10.6 Å². The summed E-state index contributed by atoms with van der Waals surface area (Å²) >= 11 is 5.18. The maximum absolute atomic E-state index is 5.18. The van der Waals surface area contributed by atoms with Gasteiger partial charge in [0.15, 0.2) is 5.11 Å². The van der Waals surface area contributed by atoms with Gasteiger partial charge in [0.25, 0.3) is 0 Å². The van der Waals surface area contributed by atoms with Crippen molar-refractivity contribution in [1.29, 1.82) is 0 Å². The number of thiocarbonyl (C=S) groups is 1. The van der Waals surface area contributed by atoms with Gasteiger partial charge in [-0.2, -0.15) is 0 Å². The summed E-state index contributed by atoms with van der Waals surface area (Å²) < 4.78 is 4.94. The van der Waals surface area contributed by atoms with Gasteiger partial charge in [0.1, 0.15) is 0 Å². The van der Waals surface area contributed by atoms with E-state index in [-0.39, 0.29) is 0 Å². The Balaban J connectivity index is 3.74. The zero-order valence-electron chi connectivity index (χ0n) is 10.3. The highest BCUT2D eigenvalue weighted by Crippen LogP contribution is 2.12. The van der Waals surface area contributed by atoms with E-state index in [1.165, 1.54) is 12.8 Å². The first-order valence-corrected chi connectivity index (χ1v) is 6.09. The molecule has 0 heterocycles. The monoisotopic (exact) mass is 232 g/mol. The van der Waals surface area contributed by atoms with E-state index in [9.17, 15) is 0 Å². The molecule has 4 heteroatoms. The minimum Gasteiger partial charge on any atom is -0.383 e. The van der Waals surface area contributed by atoms with Crippen LogP contribution >= 0.6 is 12.2 Å². The Morgan fingerprint density at radius 1 is 1.33 bits per heavy atom. The van der Waals surface area contributed by atoms with Gasteiger partial charge in [0.2, 0.25) is 0 Å². The molecule has 0 rings (SSSR count). The number of methoxy groups -OCH3 is 1. The van der Waals surface area contributed by atoms with Crippen molar-refractivity contribution in [3.63, 3.8) is 0 Å². The molecule has 0 saturated heterocycles. The zero-order valence-corrected chi connectivity index (χ0v) is 11.1. The Bertz CT molecular complexity index is 172. The molecule has 90 valence electrons. The van der Waals surface area contributed by atoms with Gasteiger partial charge in [-0.25, -0.2) is 0 Å². The molecule has 0 fully saturated rings. The third kappa shape index (κ3) is 6.68. The molecular weight excluding hydrogens is 208 g/mol. The molecule has 0 bridgehead atoms. The molecular formula is C11H24N2OS. The number of hydrogen-bond acceptors (Lipinski definition) is 2. The molecule has 0 aliphatic carbocycles. The normalized spacial score (nSPS) is 12.6. The van der Waals surface area contributed by atoms with Crippen LogP contribution in [0.4, 0.5) is 0 Å². The highest BCUT2D eigenvalue weighted by molar-refractivity contribution is 7.80. The molecule has 1 atom stereocenters. The van der Waals surface area contributed by atoms with Crippen molar-refractivity contribution in [2.24, 2.45) is 5.92 Å². The van der Waals surface area contributed by atoms with E-state index < -0.39 is 0 Å². The van der Waals surface area contributed by atoms with Gasteiger partial charge in [-0.05, 0) is 25.1 Å². The second-order valence-electron chi connectivity index (χ2n) is 3.76. The summed E-state index contributed by atoms with van der Waals surface area (Å²) in [6.07, 6.45) is 2.37. The summed E-state index contributed by atoms with van der Waals surface area (Å²) in [5.41, 5.74) is 0. The second kappa shape index (κ2) is 8.92. The minimum atomic E-state index is 0.433. The highest BCUT2D eigenvalue weighted by Gasteiger charge is 2.13. The smallest absolute Gasteiger partial charge is 0.166 e. The van der Waals surface area contributed by atoms with Crippen molar-refractivity contribution in [2.75, 3.05) is 20.3 Å². The van der Waals surface area contributed by atoms with Gasteiger partial charge in [-0.3, -0.25) is 0 Å². The summed E-state index contributed by atoms with van der Waals surface area (Å²) in [6, 6.07) is 0.433. The highest BCUT2D eigenvalue weighted by atomic mass is 32.1. The van der Waals surface area contributed by atoms with Crippen LogP contribution in [-0.4, -0.2) is 31.4 Å². The molecule has 0 aromatic heterocycles. The molecule has 0 aromatic rings. The summed E-state index contributed by atoms with van der Waals surface area (Å²) in [5, 5.41) is 7.15. The molecule has 0 spiro atoms. The maximum atomic E-state index is 5.18. The fourth-order valence-corrected chi connectivity index (χ4v) is 1.93. The van der Waals surface area contributed by atoms with E-state index in [4.69, 9.17) is 17.0 Å². The summed E-state index contributed by atoms with van der Waals surface area (Å²) in [7, 11) is 1.69. The first-order chi connectivity index (χ1) is 7.15. The molecule has 0 aliphatic heterocycles. The molecule has 3 nitrogen and oxygen atoms in total. The SMILES string of the molecule is CCC(CC)C(C)NC(=S)NCCOC. The first-order valence-electron chi connectivity index (χ1n) is 5.68. The van der Waals surface area contributed by atoms with Crippen LogP contribution in [-0.2, 0) is 4.74 Å². The van der Waals surface area contributed by atoms with Crippen molar-refractivity contribution in [3.05, 3.63) is 0 Å². The van der Waals surface area contributed by atoms with Crippen LogP contribution in [0.5, 0.6) is 0 Å². The quantitative estimate of drug-likeness (QED) is 0.519. The van der Waals surface area contributed by atoms with Crippen LogP contribution in [0.2, 0.25) is 0 Å². The lowest BCUT2D eigenvalue weighted by Crippen LogP contribution is -2.44. The van der Waals surface area contributed by atoms with Gasteiger partial charge in [-0.15, -0.1) is 0 Å². The van der Waals surface area contributed by atoms with E-state index in [1.54, 1.807) is 7.11 Å². The summed E-state index contributed by atoms with van der Waals surface area (Å²) in [5.74, 6) is 0.687. The fraction of sp³-hybridized carbons (Fsp3) is 0.909. The maximum Gasteiger partial charge on any atom is 0.166 e. The van der Waals surface area contributed by atoms with Crippen LogP contribution in [0.15, 0.2) is 0 Å². The van der Waals surface area contributed by atoms with Crippen LogP contribution < -0.4 is 10.6 Å². The molecule has 15 heavy (non-hydrogen) atoms. The zero-order chi connectivity index (χ0) is 11.7. The summed E-state index contributed by atoms with van der Waals surface area (Å²) in [6.45, 7) is 8.06. The van der Waals surface area contributed by atoms with Crippen LogP contribution in [0.3, 0.4) is 0 Å². The number of nitrogens with one attached hydrogen (secondary N) is 2. The molecule has 1 unspecified atom stereocenters. The average Bonchev–Trinajstić information content (AvgIpc) is 2.20. The predicted octanol–water partition coefficient (Wildman–Crippen LogP) is 1.92. The van der Waals surface area contributed by atoms with Crippen molar-refractivity contribution >= 4 is 17.3 Å². The van der Waals surface area contributed by atoms with E-state index in [2.05, 4.69) is 31.4 Å². The van der Waals surface area contributed by atoms with Gasteiger partial charge < -0.3 is 15.4 Å². The molecule has 0 aliphatic rings. The largest absolute Gasteiger partial charge is 0.383 e. The lowest BCUT2D eigenvalue weighted by molar-refractivity contribution is 0.203. The molecule has 0 aromatic carbocycles. The van der Waals surface area contributed by atoms with E-state index in [0.717, 1.165) is 11.7 Å². The topological polar surface area (TPSA) is 33.3 Å². The Labute approximate surface area is 99.0 Å². The number of ether oxygens (including phenoxy) is 1. The van der Waals surface area contributed by atoms with Gasteiger partial charge in [0, 0.05) is 19.7 Å². The summed E-state index contributed by atoms with van der Waals surface area (Å²) in [4.78, 5) is 0. The molecule has 0 saturated carbocycles. The first kappa shape index (κ1) is 14.6. The van der Waals surface area contributed by atoms with Gasteiger partial charge >= 0.3 is 0 Å². The van der Waals surface area contributed by atoms with Crippen molar-refractivity contribution < 1.29 is 4.74 Å². The van der Waals surface area contributed by atoms with E-state index in [0.29, 0.717) is 18.6 Å². The van der Waals surface area contributed by atoms with E-state index in [1.807, 2.05) is 0 Å². The Hall–Kier alpha value is -0.350. The van der Waals surface area contributed by atoms with Crippen molar-refractivity contribution in [3.8, 4) is 0 Å². The third-order valence-electron chi connectivity index (χ3n) is 2.71. The molecule has 2 N–H and O–H groups in total. The number of rotatable bonds is 7. The lowest BCUT2D eigenvalue weighted by Gasteiger charge is -2.24. The van der Waals surface area contributed by atoms with Gasteiger partial charge in [0.05, 0.1) is 6.61 Å². The standard InChI is InChI=1S/C11H24N2OS/c1-5-10(6-2)9(3)13-11(15)12-7-8-14-4/h9-10H,5-8H2,1-4H3,(H2,12,13,15). The average molecular weight is 232 g/mol. The van der Waals surface area contributed by atoms with Crippen molar-refractivity contribution in [2.45, 2.75) is 39.7 Å². The van der Waals surface area contributed by atoms with E-state index >= 15 is 0 Å². The Morgan fingerprint density at radius 3 is 2.40 bits per heavy atom. The van der Waals surface area contributed by atoms with Gasteiger partial charge in [-0.1, -0.05) is 26.7 Å². The van der Waals surface area contributed by atoms with Crippen LogP contribution in [0, 0.1) is 5.92 Å². The fourth-order valence-electron chi connectivity index (χ4n) is 1.64. The minimum absolute atomic E-state index is 0.433. The Kier molecular flexibility index (Phi) is 8.71. The van der Waals surface area contributed by atoms with Crippen LogP contribution in [0.1, 0.15) is 33.6 Å². The lowest BCUT2D eigenvalue weighted by atomic mass is 9.96.